The second-order valence-corrected chi connectivity index (χ2v) is 8.38. The smallest absolute Gasteiger partial charge is 0.416 e. The molecule has 0 bridgehead atoms. The second-order valence-electron chi connectivity index (χ2n) is 7.52. The number of nitro groups is 1. The Hall–Kier alpha value is -4.52. The summed E-state index contributed by atoms with van der Waals surface area (Å²) >= 11 is 3.21. The first-order valence-corrected chi connectivity index (χ1v) is 11.0. The van der Waals surface area contributed by atoms with E-state index in [0.29, 0.717) is 17.7 Å². The molecule has 1 N–H and O–H groups in total. The average Bonchev–Trinajstić information content (AvgIpc) is 2.83. The maximum atomic E-state index is 12.9. The van der Waals surface area contributed by atoms with Crippen molar-refractivity contribution >= 4 is 51.2 Å². The molecule has 1 fully saturated rings. The van der Waals surface area contributed by atoms with Crippen molar-refractivity contribution in [3.8, 4) is 11.5 Å². The zero-order chi connectivity index (χ0) is 26.9. The molecule has 188 valence electrons. The van der Waals surface area contributed by atoms with Gasteiger partial charge in [0.05, 0.1) is 20.6 Å². The van der Waals surface area contributed by atoms with Crippen LogP contribution >= 0.6 is 15.9 Å². The number of carbonyl (C=O) groups excluding carboxylic acids is 3. The Bertz CT molecular complexity index is 1470. The molecular weight excluding hydrogens is 563 g/mol. The van der Waals surface area contributed by atoms with E-state index < -0.39 is 45.9 Å². The lowest BCUT2D eigenvalue weighted by Crippen LogP contribution is -2.54. The zero-order valence-electron chi connectivity index (χ0n) is 18.3. The highest BCUT2D eigenvalue weighted by atomic mass is 79.9. The number of carbonyl (C=O) groups is 3. The molecule has 0 unspecified atom stereocenters. The number of urea groups is 1. The summed E-state index contributed by atoms with van der Waals surface area (Å²) in [6, 6.07) is 13.1. The fourth-order valence-corrected chi connectivity index (χ4v) is 3.84. The highest BCUT2D eigenvalue weighted by molar-refractivity contribution is 9.10. The van der Waals surface area contributed by atoms with Gasteiger partial charge >= 0.3 is 17.9 Å². The van der Waals surface area contributed by atoms with Crippen LogP contribution in [0.25, 0.3) is 6.08 Å². The van der Waals surface area contributed by atoms with Crippen LogP contribution < -0.4 is 15.0 Å². The summed E-state index contributed by atoms with van der Waals surface area (Å²) in [6.07, 6.45) is -3.54. The first-order valence-electron chi connectivity index (χ1n) is 10.3. The summed E-state index contributed by atoms with van der Waals surface area (Å²) in [5.41, 5.74) is -1.84. The Morgan fingerprint density at radius 1 is 0.973 bits per heavy atom. The van der Waals surface area contributed by atoms with Crippen molar-refractivity contribution < 1.29 is 37.2 Å². The van der Waals surface area contributed by atoms with Gasteiger partial charge in [0.25, 0.3) is 11.8 Å². The van der Waals surface area contributed by atoms with E-state index in [4.69, 9.17) is 4.74 Å². The standard InChI is InChI=1S/C24H13BrF3N3O6/c25-17-11-13(10-16-21(32)29-23(34)30(22(16)33)15-4-2-1-3-5-15)6-8-19(17)37-20-9-7-14(24(26,27)28)12-18(20)31(35)36/h1-12H,(H,29,32,34)/b16-10+. The minimum Gasteiger partial charge on any atom is -0.449 e. The van der Waals surface area contributed by atoms with E-state index in [1.54, 1.807) is 18.2 Å². The van der Waals surface area contributed by atoms with E-state index >= 15 is 0 Å². The molecule has 13 heteroatoms. The average molecular weight is 576 g/mol. The Labute approximate surface area is 214 Å². The SMILES string of the molecule is O=C1NC(=O)N(c2ccccc2)C(=O)/C1=C/c1ccc(Oc2ccc(C(F)(F)F)cc2[N+](=O)[O-])c(Br)c1. The summed E-state index contributed by atoms with van der Waals surface area (Å²) in [7, 11) is 0. The van der Waals surface area contributed by atoms with Gasteiger partial charge in [0.15, 0.2) is 0 Å². The lowest BCUT2D eigenvalue weighted by molar-refractivity contribution is -0.385. The number of rotatable bonds is 5. The molecule has 0 saturated carbocycles. The van der Waals surface area contributed by atoms with Crippen LogP contribution in [0, 0.1) is 10.1 Å². The number of benzene rings is 3. The van der Waals surface area contributed by atoms with Gasteiger partial charge in [-0.25, -0.2) is 9.69 Å². The number of barbiturate groups is 1. The summed E-state index contributed by atoms with van der Waals surface area (Å²) in [5.74, 6) is -2.16. The normalized spacial score (nSPS) is 15.1. The van der Waals surface area contributed by atoms with Gasteiger partial charge < -0.3 is 4.74 Å². The largest absolute Gasteiger partial charge is 0.449 e. The Balaban J connectivity index is 1.63. The molecule has 4 amide bonds. The monoisotopic (exact) mass is 575 g/mol. The van der Waals surface area contributed by atoms with Crippen molar-refractivity contribution in [3.63, 3.8) is 0 Å². The first kappa shape index (κ1) is 25.6. The van der Waals surface area contributed by atoms with Crippen molar-refractivity contribution in [1.82, 2.24) is 5.32 Å². The Morgan fingerprint density at radius 2 is 1.65 bits per heavy atom. The van der Waals surface area contributed by atoms with Gasteiger partial charge in [-0.3, -0.25) is 25.0 Å². The lowest BCUT2D eigenvalue weighted by Gasteiger charge is -2.26. The predicted molar refractivity (Wildman–Crippen MR) is 128 cm³/mol. The van der Waals surface area contributed by atoms with Crippen LogP contribution in [0.2, 0.25) is 0 Å². The first-order chi connectivity index (χ1) is 17.5. The van der Waals surface area contributed by atoms with Crippen molar-refractivity contribution in [2.75, 3.05) is 4.90 Å². The molecule has 3 aromatic rings. The van der Waals surface area contributed by atoms with E-state index in [0.717, 1.165) is 11.0 Å². The molecule has 0 atom stereocenters. The van der Waals surface area contributed by atoms with Crippen LogP contribution in [-0.4, -0.2) is 22.8 Å². The van der Waals surface area contributed by atoms with Gasteiger partial charge in [-0.15, -0.1) is 0 Å². The number of halogens is 4. The number of nitrogens with zero attached hydrogens (tertiary/aromatic N) is 2. The van der Waals surface area contributed by atoms with E-state index in [2.05, 4.69) is 21.2 Å². The maximum absolute atomic E-state index is 12.9. The van der Waals surface area contributed by atoms with Gasteiger partial charge in [-0.2, -0.15) is 13.2 Å². The number of anilines is 1. The van der Waals surface area contributed by atoms with E-state index in [1.807, 2.05) is 0 Å². The fourth-order valence-electron chi connectivity index (χ4n) is 3.37. The van der Waals surface area contributed by atoms with Crippen LogP contribution in [0.5, 0.6) is 11.5 Å². The quantitative estimate of drug-likeness (QED) is 0.177. The van der Waals surface area contributed by atoms with Gasteiger partial charge in [-0.05, 0) is 64.0 Å². The zero-order valence-corrected chi connectivity index (χ0v) is 19.9. The summed E-state index contributed by atoms with van der Waals surface area (Å²) in [5, 5.41) is 13.4. The molecule has 1 heterocycles. The Kier molecular flexibility index (Phi) is 6.81. The number of ether oxygens (including phenoxy) is 1. The maximum Gasteiger partial charge on any atom is 0.416 e. The number of nitrogens with one attached hydrogen (secondary N) is 1. The molecule has 4 rings (SSSR count). The van der Waals surface area contributed by atoms with Crippen LogP contribution in [0.1, 0.15) is 11.1 Å². The Morgan fingerprint density at radius 3 is 2.27 bits per heavy atom. The number of hydrogen-bond acceptors (Lipinski definition) is 6. The van der Waals surface area contributed by atoms with E-state index in [1.165, 1.54) is 36.4 Å². The topological polar surface area (TPSA) is 119 Å². The molecule has 1 saturated heterocycles. The third kappa shape index (κ3) is 5.35. The molecule has 9 nitrogen and oxygen atoms in total. The lowest BCUT2D eigenvalue weighted by atomic mass is 10.1. The number of alkyl halides is 3. The number of para-hydroxylation sites is 1. The van der Waals surface area contributed by atoms with Crippen molar-refractivity contribution in [2.24, 2.45) is 0 Å². The van der Waals surface area contributed by atoms with Crippen LogP contribution in [0.4, 0.5) is 29.3 Å². The third-order valence-electron chi connectivity index (χ3n) is 5.09. The number of imide groups is 2. The molecule has 0 spiro atoms. The van der Waals surface area contributed by atoms with Gasteiger partial charge in [0.1, 0.15) is 11.3 Å². The van der Waals surface area contributed by atoms with Gasteiger partial charge in [0, 0.05) is 6.07 Å². The summed E-state index contributed by atoms with van der Waals surface area (Å²) in [6.45, 7) is 0. The second kappa shape index (κ2) is 9.85. The number of hydrogen-bond donors (Lipinski definition) is 1. The van der Waals surface area contributed by atoms with E-state index in [9.17, 15) is 37.7 Å². The molecule has 3 aromatic carbocycles. The van der Waals surface area contributed by atoms with Gasteiger partial charge in [-0.1, -0.05) is 24.3 Å². The molecule has 37 heavy (non-hydrogen) atoms. The minimum atomic E-state index is -4.78. The molecule has 1 aliphatic heterocycles. The van der Waals surface area contributed by atoms with Crippen LogP contribution in [-0.2, 0) is 15.8 Å². The summed E-state index contributed by atoms with van der Waals surface area (Å²) in [4.78, 5) is 48.7. The van der Waals surface area contributed by atoms with Gasteiger partial charge in [0.2, 0.25) is 5.75 Å². The highest BCUT2D eigenvalue weighted by Gasteiger charge is 2.37. The molecule has 0 aliphatic carbocycles. The molecule has 1 aliphatic rings. The minimum absolute atomic E-state index is 0.0190. The molecule has 0 radical (unpaired) electrons. The highest BCUT2D eigenvalue weighted by Crippen LogP contribution is 2.39. The molecule has 0 aromatic heterocycles. The van der Waals surface area contributed by atoms with E-state index in [-0.39, 0.29) is 21.5 Å². The van der Waals surface area contributed by atoms with Crippen molar-refractivity contribution in [3.05, 3.63) is 98.0 Å². The van der Waals surface area contributed by atoms with Crippen molar-refractivity contribution in [1.29, 1.82) is 0 Å². The third-order valence-corrected chi connectivity index (χ3v) is 5.71. The number of amides is 4. The number of nitro benzene ring substituents is 1. The molecular formula is C24H13BrF3N3O6. The fraction of sp³-hybridized carbons (Fsp3) is 0.0417. The predicted octanol–water partition coefficient (Wildman–Crippen LogP) is 5.83. The summed E-state index contributed by atoms with van der Waals surface area (Å²) < 4.78 is 44.5. The van der Waals surface area contributed by atoms with Crippen molar-refractivity contribution in [2.45, 2.75) is 6.18 Å². The van der Waals surface area contributed by atoms with Crippen LogP contribution in [0.15, 0.2) is 76.8 Å². The van der Waals surface area contributed by atoms with Crippen LogP contribution in [0.3, 0.4) is 0 Å².